The first kappa shape index (κ1) is 14.3. The maximum Gasteiger partial charge on any atom is 0.148 e. The topological polar surface area (TPSA) is 46.6 Å². The number of hydrogen-bond donors (Lipinski definition) is 0. The summed E-state index contributed by atoms with van der Waals surface area (Å²) in [5.41, 5.74) is 0. The zero-order valence-electron chi connectivity index (χ0n) is 8.86. The summed E-state index contributed by atoms with van der Waals surface area (Å²) in [5.74, 6) is 0.205. The van der Waals surface area contributed by atoms with E-state index in [-0.39, 0.29) is 10.6 Å². The van der Waals surface area contributed by atoms with Crippen molar-refractivity contribution in [3.05, 3.63) is 0 Å². The molecule has 0 amide bonds. The van der Waals surface area contributed by atoms with Crippen LogP contribution in [0.5, 0.6) is 0 Å². The molecule has 0 fully saturated rings. The second kappa shape index (κ2) is 6.76. The van der Waals surface area contributed by atoms with Crippen molar-refractivity contribution in [3.63, 3.8) is 0 Å². The van der Waals surface area contributed by atoms with E-state index in [9.17, 15) is 8.42 Å². The molecule has 0 aromatic carbocycles. The molecular formula is C8H18BrNO3S. The molecule has 4 nitrogen and oxygen atoms in total. The molecule has 0 heterocycles. The van der Waals surface area contributed by atoms with Gasteiger partial charge in [-0.05, 0) is 7.05 Å². The maximum absolute atomic E-state index is 10.9. The number of hydrogen-bond acceptors (Lipinski definition) is 4. The fraction of sp³-hybridized carbons (Fsp3) is 1.00. The lowest BCUT2D eigenvalue weighted by Gasteiger charge is -2.19. The molecule has 0 N–H and O–H groups in total. The zero-order chi connectivity index (χ0) is 11.2. The van der Waals surface area contributed by atoms with Crippen LogP contribution in [-0.2, 0) is 14.6 Å². The lowest BCUT2D eigenvalue weighted by Crippen LogP contribution is -2.32. The predicted octanol–water partition coefficient (Wildman–Crippen LogP) is 0.373. The van der Waals surface area contributed by atoms with Gasteiger partial charge in [-0.3, -0.25) is 0 Å². The van der Waals surface area contributed by atoms with Crippen LogP contribution in [0.2, 0.25) is 0 Å². The average molecular weight is 288 g/mol. The highest BCUT2D eigenvalue weighted by molar-refractivity contribution is 9.09. The van der Waals surface area contributed by atoms with Crippen LogP contribution in [0.15, 0.2) is 0 Å². The number of methoxy groups -OCH3 is 1. The average Bonchev–Trinajstić information content (AvgIpc) is 2.00. The predicted molar refractivity (Wildman–Crippen MR) is 61.8 cm³/mol. The van der Waals surface area contributed by atoms with Crippen LogP contribution in [0.25, 0.3) is 0 Å². The van der Waals surface area contributed by atoms with Crippen molar-refractivity contribution in [2.75, 3.05) is 45.9 Å². The highest BCUT2D eigenvalue weighted by Crippen LogP contribution is 2.02. The van der Waals surface area contributed by atoms with Gasteiger partial charge in [-0.1, -0.05) is 15.9 Å². The Morgan fingerprint density at radius 1 is 1.50 bits per heavy atom. The van der Waals surface area contributed by atoms with Crippen LogP contribution in [0.1, 0.15) is 0 Å². The van der Waals surface area contributed by atoms with Gasteiger partial charge in [-0.15, -0.1) is 0 Å². The smallest absolute Gasteiger partial charge is 0.148 e. The molecule has 0 bridgehead atoms. The van der Waals surface area contributed by atoms with Crippen molar-refractivity contribution in [1.82, 2.24) is 4.90 Å². The molecule has 1 atom stereocenters. The zero-order valence-corrected chi connectivity index (χ0v) is 11.3. The quantitative estimate of drug-likeness (QED) is 0.635. The normalized spacial score (nSPS) is 14.6. The second-order valence-electron chi connectivity index (χ2n) is 3.44. The molecule has 0 saturated heterocycles. The number of alkyl halides is 1. The Kier molecular flexibility index (Phi) is 6.93. The molecule has 14 heavy (non-hydrogen) atoms. The minimum atomic E-state index is -2.86. The molecule has 0 spiro atoms. The third-order valence-electron chi connectivity index (χ3n) is 1.70. The highest BCUT2D eigenvalue weighted by atomic mass is 79.9. The number of sulfone groups is 1. The van der Waals surface area contributed by atoms with Gasteiger partial charge in [-0.2, -0.15) is 0 Å². The molecule has 0 aliphatic heterocycles. The van der Waals surface area contributed by atoms with Crippen molar-refractivity contribution >= 4 is 25.8 Å². The molecule has 0 aromatic heterocycles. The van der Waals surface area contributed by atoms with Gasteiger partial charge in [-0.25, -0.2) is 8.42 Å². The first-order valence-electron chi connectivity index (χ1n) is 4.34. The van der Waals surface area contributed by atoms with E-state index < -0.39 is 9.84 Å². The third kappa shape index (κ3) is 8.93. The SMILES string of the molecule is COCC(Br)CN(C)CCS(C)(=O)=O. The molecule has 1 unspecified atom stereocenters. The molecule has 6 heteroatoms. The molecule has 0 rings (SSSR count). The minimum Gasteiger partial charge on any atom is -0.383 e. The molecule has 0 aliphatic carbocycles. The van der Waals surface area contributed by atoms with Crippen molar-refractivity contribution in [1.29, 1.82) is 0 Å². The first-order chi connectivity index (χ1) is 6.35. The summed E-state index contributed by atoms with van der Waals surface area (Å²) in [5, 5.41) is 0. The highest BCUT2D eigenvalue weighted by Gasteiger charge is 2.09. The van der Waals surface area contributed by atoms with E-state index in [4.69, 9.17) is 4.74 Å². The van der Waals surface area contributed by atoms with E-state index >= 15 is 0 Å². The summed E-state index contributed by atoms with van der Waals surface area (Å²) in [6, 6.07) is 0. The second-order valence-corrected chi connectivity index (χ2v) is 7.00. The van der Waals surface area contributed by atoms with Crippen LogP contribution in [0, 0.1) is 0 Å². The summed E-state index contributed by atoms with van der Waals surface area (Å²) in [4.78, 5) is 2.22. The molecule has 0 saturated carbocycles. The lowest BCUT2D eigenvalue weighted by molar-refractivity contribution is 0.187. The van der Waals surface area contributed by atoms with E-state index in [0.29, 0.717) is 13.2 Å². The van der Waals surface area contributed by atoms with E-state index in [0.717, 1.165) is 6.54 Å². The lowest BCUT2D eigenvalue weighted by atomic mass is 10.4. The van der Waals surface area contributed by atoms with Gasteiger partial charge in [0.25, 0.3) is 0 Å². The van der Waals surface area contributed by atoms with Crippen LogP contribution < -0.4 is 0 Å². The van der Waals surface area contributed by atoms with Crippen LogP contribution in [0.3, 0.4) is 0 Å². The minimum absolute atomic E-state index is 0.205. The third-order valence-corrected chi connectivity index (χ3v) is 3.18. The molecule has 0 aromatic rings. The molecule has 0 radical (unpaired) electrons. The first-order valence-corrected chi connectivity index (χ1v) is 7.32. The van der Waals surface area contributed by atoms with Crippen molar-refractivity contribution < 1.29 is 13.2 Å². The van der Waals surface area contributed by atoms with Gasteiger partial charge in [0.05, 0.1) is 17.2 Å². The maximum atomic E-state index is 10.9. The molecular weight excluding hydrogens is 270 g/mol. The largest absolute Gasteiger partial charge is 0.383 e. The summed E-state index contributed by atoms with van der Waals surface area (Å²) in [7, 11) is 0.686. The fourth-order valence-corrected chi connectivity index (χ4v) is 2.39. The van der Waals surface area contributed by atoms with Crippen LogP contribution in [0.4, 0.5) is 0 Å². The van der Waals surface area contributed by atoms with Crippen molar-refractivity contribution in [3.8, 4) is 0 Å². The number of nitrogens with zero attached hydrogens (tertiary/aromatic N) is 1. The van der Waals surface area contributed by atoms with Crippen molar-refractivity contribution in [2.45, 2.75) is 4.83 Å². The Morgan fingerprint density at radius 2 is 2.07 bits per heavy atom. The van der Waals surface area contributed by atoms with Gasteiger partial charge in [0, 0.05) is 26.5 Å². The Bertz CT molecular complexity index is 243. The summed E-state index contributed by atoms with van der Waals surface area (Å²) in [6.45, 7) is 1.97. The van der Waals surface area contributed by atoms with Gasteiger partial charge in [0.15, 0.2) is 0 Å². The number of halogens is 1. The Morgan fingerprint density at radius 3 is 2.50 bits per heavy atom. The Balaban J connectivity index is 3.70. The van der Waals surface area contributed by atoms with Crippen LogP contribution in [-0.4, -0.2) is 64.0 Å². The molecule has 0 aliphatic rings. The monoisotopic (exact) mass is 287 g/mol. The van der Waals surface area contributed by atoms with Gasteiger partial charge in [0.2, 0.25) is 0 Å². The summed E-state index contributed by atoms with van der Waals surface area (Å²) in [6.07, 6.45) is 1.25. The number of ether oxygens (including phenoxy) is 1. The van der Waals surface area contributed by atoms with E-state index in [1.54, 1.807) is 7.11 Å². The molecule has 86 valence electrons. The van der Waals surface area contributed by atoms with Gasteiger partial charge in [0.1, 0.15) is 9.84 Å². The number of rotatable bonds is 7. The van der Waals surface area contributed by atoms with E-state index in [1.807, 2.05) is 11.9 Å². The van der Waals surface area contributed by atoms with Gasteiger partial charge < -0.3 is 9.64 Å². The summed E-state index contributed by atoms with van der Waals surface area (Å²) < 4.78 is 26.7. The standard InChI is InChI=1S/C8H18BrNO3S/c1-10(4-5-14(3,11)12)6-8(9)7-13-2/h8H,4-7H2,1-3H3. The van der Waals surface area contributed by atoms with Crippen LogP contribution >= 0.6 is 15.9 Å². The summed E-state index contributed by atoms with van der Waals surface area (Å²) >= 11 is 3.44. The van der Waals surface area contributed by atoms with Crippen molar-refractivity contribution in [2.24, 2.45) is 0 Å². The fourth-order valence-electron chi connectivity index (χ4n) is 0.985. The van der Waals surface area contributed by atoms with E-state index in [1.165, 1.54) is 6.26 Å². The van der Waals surface area contributed by atoms with E-state index in [2.05, 4.69) is 15.9 Å². The Labute approximate surface area is 94.7 Å². The van der Waals surface area contributed by atoms with Gasteiger partial charge >= 0.3 is 0 Å². The Hall–Kier alpha value is 0.350.